The molecule has 0 fully saturated rings. The Kier molecular flexibility index (Phi) is 7.66. The summed E-state index contributed by atoms with van der Waals surface area (Å²) in [6.45, 7) is 15.6. The highest BCUT2D eigenvalue weighted by atomic mass is 16.5. The quantitative estimate of drug-likeness (QED) is 0.291. The molecule has 2 aliphatic carbocycles. The van der Waals surface area contributed by atoms with Gasteiger partial charge in [0.1, 0.15) is 6.61 Å². The molecule has 0 bridgehead atoms. The molecule has 5 heteroatoms. The van der Waals surface area contributed by atoms with Gasteiger partial charge in [0.2, 0.25) is 0 Å². The van der Waals surface area contributed by atoms with E-state index in [0.717, 1.165) is 59.5 Å². The van der Waals surface area contributed by atoms with Gasteiger partial charge in [-0.25, -0.2) is 0 Å². The zero-order valence-electron chi connectivity index (χ0n) is 23.8. The van der Waals surface area contributed by atoms with Crippen LogP contribution >= 0.6 is 0 Å². The Morgan fingerprint density at radius 1 is 1.05 bits per heavy atom. The van der Waals surface area contributed by atoms with E-state index in [1.807, 2.05) is 18.2 Å². The molecule has 5 nitrogen and oxygen atoms in total. The maximum Gasteiger partial charge on any atom is 0.166 e. The maximum absolute atomic E-state index is 13.9. The number of terminal acetylenes is 1. The Morgan fingerprint density at radius 2 is 1.63 bits per heavy atom. The average molecular weight is 516 g/mol. The third-order valence-electron chi connectivity index (χ3n) is 7.84. The van der Waals surface area contributed by atoms with E-state index in [-0.39, 0.29) is 29.0 Å². The van der Waals surface area contributed by atoms with Gasteiger partial charge in [-0.3, -0.25) is 9.59 Å². The molecule has 0 saturated heterocycles. The maximum atomic E-state index is 13.9. The fourth-order valence-electron chi connectivity index (χ4n) is 6.46. The summed E-state index contributed by atoms with van der Waals surface area (Å²) in [5.41, 5.74) is 5.18. The second-order valence-electron chi connectivity index (χ2n) is 12.4. The highest BCUT2D eigenvalue weighted by Crippen LogP contribution is 2.55. The van der Waals surface area contributed by atoms with Gasteiger partial charge in [-0.2, -0.15) is 0 Å². The van der Waals surface area contributed by atoms with E-state index in [0.29, 0.717) is 30.8 Å². The largest absolute Gasteiger partial charge is 0.493 e. The third-order valence-corrected chi connectivity index (χ3v) is 7.84. The van der Waals surface area contributed by atoms with Crippen LogP contribution in [0.2, 0.25) is 0 Å². The number of carbonyl (C=O) groups excluding carboxylic acids is 2. The highest BCUT2D eigenvalue weighted by molar-refractivity contribution is 6.06. The number of hydrogen-bond donors (Lipinski definition) is 0. The van der Waals surface area contributed by atoms with Crippen molar-refractivity contribution in [2.75, 3.05) is 20.3 Å². The molecule has 38 heavy (non-hydrogen) atoms. The molecule has 0 aromatic heterocycles. The molecule has 0 unspecified atom stereocenters. The zero-order chi connectivity index (χ0) is 27.8. The molecule has 0 spiro atoms. The number of hydrogen-bond acceptors (Lipinski definition) is 5. The molecule has 0 N–H and O–H groups in total. The minimum atomic E-state index is -0.431. The Bertz CT molecular complexity index is 1220. The van der Waals surface area contributed by atoms with Gasteiger partial charge in [-0.15, -0.1) is 13.0 Å². The van der Waals surface area contributed by atoms with Crippen LogP contribution in [-0.4, -0.2) is 36.7 Å². The standard InChI is InChI=1S/C33H41NO4/c1-9-12-21-15-22(16-27(37-8)31(21)38-14-11-3)28-29-23(17-32(4,5)19-25(29)35)34(13-10-2)24-18-33(6,7)20-26(36)30(24)28/h3,9,15-16,28H,1,10,12-14,17-20H2,2,4-8H3. The molecule has 1 aromatic rings. The van der Waals surface area contributed by atoms with Gasteiger partial charge in [-0.05, 0) is 48.1 Å². The molecule has 1 heterocycles. The van der Waals surface area contributed by atoms with Crippen molar-refractivity contribution in [3.8, 4) is 23.8 Å². The fraction of sp³-hybridized carbons (Fsp3) is 0.515. The first-order valence-corrected chi connectivity index (χ1v) is 13.6. The molecular formula is C33H41NO4. The summed E-state index contributed by atoms with van der Waals surface area (Å²) in [5.74, 6) is 3.47. The van der Waals surface area contributed by atoms with Crippen molar-refractivity contribution in [1.29, 1.82) is 0 Å². The van der Waals surface area contributed by atoms with Crippen LogP contribution in [0.4, 0.5) is 0 Å². The molecule has 0 saturated carbocycles. The Hall–Kier alpha value is -3.26. The Labute approximate surface area is 228 Å². The van der Waals surface area contributed by atoms with Crippen molar-refractivity contribution < 1.29 is 19.1 Å². The molecule has 0 amide bonds. The summed E-state index contributed by atoms with van der Waals surface area (Å²) in [7, 11) is 1.60. The minimum Gasteiger partial charge on any atom is -0.493 e. The number of ether oxygens (including phenoxy) is 2. The molecule has 3 aliphatic rings. The van der Waals surface area contributed by atoms with Crippen LogP contribution in [0.15, 0.2) is 47.3 Å². The second-order valence-corrected chi connectivity index (χ2v) is 12.4. The molecular weight excluding hydrogens is 474 g/mol. The van der Waals surface area contributed by atoms with Gasteiger partial charge in [-0.1, -0.05) is 52.7 Å². The first-order chi connectivity index (χ1) is 18.0. The van der Waals surface area contributed by atoms with E-state index in [2.05, 4.69) is 52.0 Å². The zero-order valence-corrected chi connectivity index (χ0v) is 23.8. The van der Waals surface area contributed by atoms with Crippen molar-refractivity contribution in [3.63, 3.8) is 0 Å². The predicted molar refractivity (Wildman–Crippen MR) is 151 cm³/mol. The monoisotopic (exact) mass is 515 g/mol. The summed E-state index contributed by atoms with van der Waals surface area (Å²) < 4.78 is 11.7. The lowest BCUT2D eigenvalue weighted by molar-refractivity contribution is -0.119. The first-order valence-electron chi connectivity index (χ1n) is 13.6. The summed E-state index contributed by atoms with van der Waals surface area (Å²) in [6.07, 6.45) is 11.3. The molecule has 1 aromatic carbocycles. The first kappa shape index (κ1) is 27.8. The summed E-state index contributed by atoms with van der Waals surface area (Å²) in [6, 6.07) is 3.97. The second kappa shape index (κ2) is 10.5. The molecule has 4 rings (SSSR count). The number of benzene rings is 1. The van der Waals surface area contributed by atoms with Crippen LogP contribution in [0.1, 0.15) is 83.8 Å². The van der Waals surface area contributed by atoms with Crippen molar-refractivity contribution >= 4 is 11.6 Å². The van der Waals surface area contributed by atoms with E-state index in [4.69, 9.17) is 15.9 Å². The van der Waals surface area contributed by atoms with Crippen molar-refractivity contribution in [3.05, 3.63) is 58.5 Å². The summed E-state index contributed by atoms with van der Waals surface area (Å²) >= 11 is 0. The number of carbonyl (C=O) groups is 2. The lowest BCUT2D eigenvalue weighted by Gasteiger charge is -2.49. The van der Waals surface area contributed by atoms with E-state index < -0.39 is 5.92 Å². The van der Waals surface area contributed by atoms with Crippen molar-refractivity contribution in [2.24, 2.45) is 10.8 Å². The third kappa shape index (κ3) is 5.06. The smallest absolute Gasteiger partial charge is 0.166 e. The van der Waals surface area contributed by atoms with E-state index in [1.54, 1.807) is 7.11 Å². The van der Waals surface area contributed by atoms with Crippen molar-refractivity contribution in [1.82, 2.24) is 4.90 Å². The summed E-state index contributed by atoms with van der Waals surface area (Å²) in [5, 5.41) is 0. The topological polar surface area (TPSA) is 55.8 Å². The Balaban J connectivity index is 2.02. The SMILES string of the molecule is C#CCOc1c(CC=C)cc(C2C3=C(CC(C)(C)CC3=O)N(CCC)C3=C2C(=O)CC(C)(C)C3)cc1OC. The fourth-order valence-corrected chi connectivity index (χ4v) is 6.46. The molecule has 0 atom stereocenters. The van der Waals surface area contributed by atoms with E-state index in [1.165, 1.54) is 0 Å². The van der Waals surface area contributed by atoms with Crippen LogP contribution in [0.25, 0.3) is 0 Å². The number of ketones is 2. The predicted octanol–water partition coefficient (Wildman–Crippen LogP) is 6.53. The van der Waals surface area contributed by atoms with Crippen LogP contribution in [0.5, 0.6) is 11.5 Å². The molecule has 202 valence electrons. The number of Topliss-reactive ketones (excluding diaryl/α,β-unsaturated/α-hetero) is 2. The molecule has 0 radical (unpaired) electrons. The van der Waals surface area contributed by atoms with Crippen LogP contribution in [0.3, 0.4) is 0 Å². The van der Waals surface area contributed by atoms with Gasteiger partial charge in [0.25, 0.3) is 0 Å². The minimum absolute atomic E-state index is 0.112. The number of nitrogens with zero attached hydrogens (tertiary/aromatic N) is 1. The Morgan fingerprint density at radius 3 is 2.11 bits per heavy atom. The van der Waals surface area contributed by atoms with Gasteiger partial charge in [0.15, 0.2) is 23.1 Å². The summed E-state index contributed by atoms with van der Waals surface area (Å²) in [4.78, 5) is 30.2. The van der Waals surface area contributed by atoms with Gasteiger partial charge in [0.05, 0.1) is 7.11 Å². The number of methoxy groups -OCH3 is 1. The van der Waals surface area contributed by atoms with Crippen molar-refractivity contribution in [2.45, 2.75) is 79.1 Å². The van der Waals surface area contributed by atoms with Crippen LogP contribution in [-0.2, 0) is 16.0 Å². The lowest BCUT2D eigenvalue weighted by Crippen LogP contribution is -2.44. The van der Waals surface area contributed by atoms with E-state index in [9.17, 15) is 9.59 Å². The normalized spacial score (nSPS) is 20.6. The van der Waals surface area contributed by atoms with Gasteiger partial charge in [0, 0.05) is 53.4 Å². The average Bonchev–Trinajstić information content (AvgIpc) is 2.82. The van der Waals surface area contributed by atoms with Crippen LogP contribution in [0, 0.1) is 23.2 Å². The van der Waals surface area contributed by atoms with Crippen LogP contribution < -0.4 is 9.47 Å². The number of rotatable bonds is 8. The van der Waals surface area contributed by atoms with E-state index >= 15 is 0 Å². The van der Waals surface area contributed by atoms with Gasteiger partial charge < -0.3 is 14.4 Å². The lowest BCUT2D eigenvalue weighted by atomic mass is 9.63. The van der Waals surface area contributed by atoms with Gasteiger partial charge >= 0.3 is 0 Å². The molecule has 1 aliphatic heterocycles. The highest BCUT2D eigenvalue weighted by Gasteiger charge is 2.49. The number of allylic oxidation sites excluding steroid dienone is 5.